The maximum atomic E-state index is 12.1. The molecule has 1 saturated heterocycles. The molecule has 2 rings (SSSR count). The molecule has 1 aliphatic rings. The SMILES string of the molecule is CCNCc1ccc(N2CCNC(=O)C2(C)C)c(C)c1. The first kappa shape index (κ1) is 14.9. The highest BCUT2D eigenvalue weighted by Gasteiger charge is 2.38. The largest absolute Gasteiger partial charge is 0.356 e. The zero-order valence-electron chi connectivity index (χ0n) is 12.9. The van der Waals surface area contributed by atoms with Crippen LogP contribution in [-0.4, -0.2) is 31.1 Å². The van der Waals surface area contributed by atoms with Crippen LogP contribution in [0.1, 0.15) is 31.9 Å². The lowest BCUT2D eigenvalue weighted by atomic mass is 9.96. The fraction of sp³-hybridized carbons (Fsp3) is 0.562. The topological polar surface area (TPSA) is 44.4 Å². The van der Waals surface area contributed by atoms with Gasteiger partial charge in [-0.3, -0.25) is 4.79 Å². The van der Waals surface area contributed by atoms with Crippen molar-refractivity contribution in [2.24, 2.45) is 0 Å². The van der Waals surface area contributed by atoms with Crippen molar-refractivity contribution in [3.05, 3.63) is 29.3 Å². The van der Waals surface area contributed by atoms with Gasteiger partial charge in [-0.25, -0.2) is 0 Å². The van der Waals surface area contributed by atoms with E-state index in [4.69, 9.17) is 0 Å². The molecule has 0 aromatic heterocycles. The molecule has 20 heavy (non-hydrogen) atoms. The normalized spacial score (nSPS) is 18.0. The minimum absolute atomic E-state index is 0.0971. The molecule has 4 nitrogen and oxygen atoms in total. The second-order valence-electron chi connectivity index (χ2n) is 5.87. The molecular weight excluding hydrogens is 250 g/mol. The Morgan fingerprint density at radius 1 is 1.40 bits per heavy atom. The van der Waals surface area contributed by atoms with Crippen LogP contribution < -0.4 is 15.5 Å². The van der Waals surface area contributed by atoms with Crippen LogP contribution in [0.25, 0.3) is 0 Å². The summed E-state index contributed by atoms with van der Waals surface area (Å²) in [5.74, 6) is 0.0971. The second-order valence-corrected chi connectivity index (χ2v) is 5.87. The Hall–Kier alpha value is -1.55. The van der Waals surface area contributed by atoms with Crippen LogP contribution in [0.5, 0.6) is 0 Å². The van der Waals surface area contributed by atoms with E-state index in [9.17, 15) is 4.79 Å². The number of hydrogen-bond donors (Lipinski definition) is 2. The molecule has 1 aromatic carbocycles. The van der Waals surface area contributed by atoms with Gasteiger partial charge < -0.3 is 15.5 Å². The Morgan fingerprint density at radius 2 is 2.15 bits per heavy atom. The van der Waals surface area contributed by atoms with Crippen molar-refractivity contribution in [3.63, 3.8) is 0 Å². The van der Waals surface area contributed by atoms with E-state index in [0.717, 1.165) is 25.3 Å². The summed E-state index contributed by atoms with van der Waals surface area (Å²) in [4.78, 5) is 14.3. The number of nitrogens with one attached hydrogen (secondary N) is 2. The van der Waals surface area contributed by atoms with Crippen molar-refractivity contribution in [1.82, 2.24) is 10.6 Å². The second kappa shape index (κ2) is 5.83. The highest BCUT2D eigenvalue weighted by atomic mass is 16.2. The smallest absolute Gasteiger partial charge is 0.245 e. The van der Waals surface area contributed by atoms with Crippen LogP contribution in [0, 0.1) is 6.92 Å². The molecule has 0 spiro atoms. The Kier molecular flexibility index (Phi) is 4.33. The zero-order chi connectivity index (χ0) is 14.8. The molecule has 1 aromatic rings. The number of piperazine rings is 1. The van der Waals surface area contributed by atoms with Crippen LogP contribution in [0.3, 0.4) is 0 Å². The van der Waals surface area contributed by atoms with E-state index in [1.54, 1.807) is 0 Å². The summed E-state index contributed by atoms with van der Waals surface area (Å²) >= 11 is 0. The number of carbonyl (C=O) groups is 1. The number of amides is 1. The molecule has 0 radical (unpaired) electrons. The van der Waals surface area contributed by atoms with Gasteiger partial charge in [-0.2, -0.15) is 0 Å². The molecule has 0 bridgehead atoms. The molecule has 4 heteroatoms. The van der Waals surface area contributed by atoms with Gasteiger partial charge in [0, 0.05) is 25.3 Å². The van der Waals surface area contributed by atoms with E-state index in [1.807, 2.05) is 13.8 Å². The number of nitrogens with zero attached hydrogens (tertiary/aromatic N) is 1. The van der Waals surface area contributed by atoms with Crippen molar-refractivity contribution in [2.45, 2.75) is 39.8 Å². The fourth-order valence-corrected chi connectivity index (χ4v) is 2.72. The monoisotopic (exact) mass is 275 g/mol. The van der Waals surface area contributed by atoms with E-state index in [1.165, 1.54) is 11.1 Å². The quantitative estimate of drug-likeness (QED) is 0.881. The van der Waals surface area contributed by atoms with Crippen molar-refractivity contribution in [2.75, 3.05) is 24.5 Å². The number of carbonyl (C=O) groups excluding carboxylic acids is 1. The van der Waals surface area contributed by atoms with Crippen LogP contribution in [0.4, 0.5) is 5.69 Å². The van der Waals surface area contributed by atoms with Gasteiger partial charge in [-0.1, -0.05) is 19.1 Å². The number of hydrogen-bond acceptors (Lipinski definition) is 3. The lowest BCUT2D eigenvalue weighted by Crippen LogP contribution is -2.62. The highest BCUT2D eigenvalue weighted by molar-refractivity contribution is 5.90. The molecule has 1 aliphatic heterocycles. The average Bonchev–Trinajstić information content (AvgIpc) is 2.40. The third-order valence-corrected chi connectivity index (χ3v) is 3.98. The molecule has 0 unspecified atom stereocenters. The van der Waals surface area contributed by atoms with Gasteiger partial charge >= 0.3 is 0 Å². The molecular formula is C16H25N3O. The summed E-state index contributed by atoms with van der Waals surface area (Å²) in [6, 6.07) is 6.50. The Labute approximate surface area is 121 Å². The summed E-state index contributed by atoms with van der Waals surface area (Å²) in [5, 5.41) is 6.28. The third-order valence-electron chi connectivity index (χ3n) is 3.98. The Morgan fingerprint density at radius 3 is 2.80 bits per heavy atom. The van der Waals surface area contributed by atoms with Crippen LogP contribution in [0.15, 0.2) is 18.2 Å². The lowest BCUT2D eigenvalue weighted by molar-refractivity contribution is -0.126. The van der Waals surface area contributed by atoms with E-state index < -0.39 is 5.54 Å². The number of anilines is 1. The van der Waals surface area contributed by atoms with Crippen LogP contribution in [-0.2, 0) is 11.3 Å². The van der Waals surface area contributed by atoms with E-state index in [0.29, 0.717) is 6.54 Å². The van der Waals surface area contributed by atoms with Crippen molar-refractivity contribution in [3.8, 4) is 0 Å². The van der Waals surface area contributed by atoms with Gasteiger partial charge in [-0.05, 0) is 44.5 Å². The summed E-state index contributed by atoms with van der Waals surface area (Å²) in [6.45, 7) is 11.6. The van der Waals surface area contributed by atoms with Gasteiger partial charge in [0.1, 0.15) is 5.54 Å². The van der Waals surface area contributed by atoms with Crippen LogP contribution >= 0.6 is 0 Å². The first-order chi connectivity index (χ1) is 9.46. The van der Waals surface area contributed by atoms with Crippen molar-refractivity contribution < 1.29 is 4.79 Å². The van der Waals surface area contributed by atoms with Gasteiger partial charge in [0.05, 0.1) is 0 Å². The summed E-state index contributed by atoms with van der Waals surface area (Å²) in [7, 11) is 0. The molecule has 2 N–H and O–H groups in total. The zero-order valence-corrected chi connectivity index (χ0v) is 12.9. The molecule has 1 heterocycles. The molecule has 0 atom stereocenters. The number of aryl methyl sites for hydroxylation is 1. The molecule has 1 amide bonds. The molecule has 110 valence electrons. The van der Waals surface area contributed by atoms with Crippen molar-refractivity contribution >= 4 is 11.6 Å². The maximum Gasteiger partial charge on any atom is 0.245 e. The Bertz CT molecular complexity index is 496. The molecule has 0 aliphatic carbocycles. The predicted molar refractivity (Wildman–Crippen MR) is 83.0 cm³/mol. The molecule has 1 fully saturated rings. The van der Waals surface area contributed by atoms with Gasteiger partial charge in [0.25, 0.3) is 0 Å². The maximum absolute atomic E-state index is 12.1. The average molecular weight is 275 g/mol. The minimum Gasteiger partial charge on any atom is -0.356 e. The predicted octanol–water partition coefficient (Wildman–Crippen LogP) is 1.82. The summed E-state index contributed by atoms with van der Waals surface area (Å²) < 4.78 is 0. The summed E-state index contributed by atoms with van der Waals surface area (Å²) in [6.07, 6.45) is 0. The fourth-order valence-electron chi connectivity index (χ4n) is 2.72. The van der Waals surface area contributed by atoms with Crippen molar-refractivity contribution in [1.29, 1.82) is 0 Å². The Balaban J connectivity index is 2.26. The standard InChI is InChI=1S/C16H25N3O/c1-5-17-11-13-6-7-14(12(2)10-13)19-9-8-18-15(20)16(19,3)4/h6-7,10,17H,5,8-9,11H2,1-4H3,(H,18,20). The van der Waals surface area contributed by atoms with E-state index in [-0.39, 0.29) is 5.91 Å². The minimum atomic E-state index is -0.494. The number of benzene rings is 1. The first-order valence-electron chi connectivity index (χ1n) is 7.33. The van der Waals surface area contributed by atoms with E-state index >= 15 is 0 Å². The third kappa shape index (κ3) is 2.80. The van der Waals surface area contributed by atoms with Crippen LogP contribution in [0.2, 0.25) is 0 Å². The van der Waals surface area contributed by atoms with Gasteiger partial charge in [0.15, 0.2) is 0 Å². The summed E-state index contributed by atoms with van der Waals surface area (Å²) in [5.41, 5.74) is 3.17. The first-order valence-corrected chi connectivity index (χ1v) is 7.33. The van der Waals surface area contributed by atoms with Gasteiger partial charge in [0.2, 0.25) is 5.91 Å². The van der Waals surface area contributed by atoms with Gasteiger partial charge in [-0.15, -0.1) is 0 Å². The van der Waals surface area contributed by atoms with E-state index in [2.05, 4.69) is 47.6 Å². The molecule has 0 saturated carbocycles. The lowest BCUT2D eigenvalue weighted by Gasteiger charge is -2.43. The number of rotatable bonds is 4. The highest BCUT2D eigenvalue weighted by Crippen LogP contribution is 2.29.